The van der Waals surface area contributed by atoms with E-state index in [-0.39, 0.29) is 12.5 Å². The first-order valence-electron chi connectivity index (χ1n) is 5.37. The Morgan fingerprint density at radius 1 is 1.42 bits per heavy atom. The summed E-state index contributed by atoms with van der Waals surface area (Å²) in [4.78, 5) is 13.4. The molecule has 0 saturated heterocycles. The number of nitrogens with zero attached hydrogens (tertiary/aromatic N) is 2. The second-order valence-corrected chi connectivity index (χ2v) is 4.86. The van der Waals surface area contributed by atoms with Gasteiger partial charge in [-0.1, -0.05) is 6.07 Å². The summed E-state index contributed by atoms with van der Waals surface area (Å²) in [5.41, 5.74) is 0.815. The van der Waals surface area contributed by atoms with Crippen molar-refractivity contribution in [3.63, 3.8) is 0 Å². The second kappa shape index (κ2) is 5.48. The zero-order chi connectivity index (χ0) is 14.0. The molecule has 0 saturated carbocycles. The normalized spacial score (nSPS) is 10.5. The van der Waals surface area contributed by atoms with Crippen LogP contribution in [0.3, 0.4) is 0 Å². The van der Waals surface area contributed by atoms with Crippen LogP contribution in [-0.2, 0) is 6.54 Å². The van der Waals surface area contributed by atoms with E-state index < -0.39 is 11.6 Å². The van der Waals surface area contributed by atoms with E-state index in [1.807, 2.05) is 0 Å². The fourth-order valence-corrected chi connectivity index (χ4v) is 1.96. The zero-order valence-corrected chi connectivity index (χ0v) is 11.5. The van der Waals surface area contributed by atoms with Gasteiger partial charge in [-0.25, -0.2) is 8.78 Å². The van der Waals surface area contributed by atoms with Crippen molar-refractivity contribution in [1.29, 1.82) is 0 Å². The number of benzene rings is 1. The highest BCUT2D eigenvalue weighted by molar-refractivity contribution is 9.10. The molecule has 2 rings (SSSR count). The molecule has 0 fully saturated rings. The highest BCUT2D eigenvalue weighted by Gasteiger charge is 2.17. The van der Waals surface area contributed by atoms with E-state index in [1.54, 1.807) is 7.05 Å². The average Bonchev–Trinajstić information content (AvgIpc) is 2.79. The number of nitrogens with one attached hydrogen (secondary N) is 1. The van der Waals surface area contributed by atoms with Crippen molar-refractivity contribution >= 4 is 21.8 Å². The first-order chi connectivity index (χ1) is 8.99. The molecule has 0 aliphatic carbocycles. The molecule has 2 aromatic rings. The van der Waals surface area contributed by atoms with E-state index >= 15 is 0 Å². The largest absolute Gasteiger partial charge is 0.336 e. The SMILES string of the molecule is CN(Cc1ccc(F)c(F)c1)C(=O)c1[nH]ncc1Br. The summed E-state index contributed by atoms with van der Waals surface area (Å²) in [5.74, 6) is -2.13. The van der Waals surface area contributed by atoms with Crippen molar-refractivity contribution in [1.82, 2.24) is 15.1 Å². The van der Waals surface area contributed by atoms with Crippen LogP contribution in [0.5, 0.6) is 0 Å². The number of H-pyrrole nitrogens is 1. The number of carbonyl (C=O) groups excluding carboxylic acids is 1. The molecule has 0 bridgehead atoms. The molecular weight excluding hydrogens is 320 g/mol. The Bertz CT molecular complexity index is 615. The van der Waals surface area contributed by atoms with Gasteiger partial charge in [-0.3, -0.25) is 9.89 Å². The van der Waals surface area contributed by atoms with Gasteiger partial charge in [0.05, 0.1) is 10.7 Å². The summed E-state index contributed by atoms with van der Waals surface area (Å²) in [7, 11) is 1.57. The van der Waals surface area contributed by atoms with E-state index in [4.69, 9.17) is 0 Å². The van der Waals surface area contributed by atoms with E-state index in [9.17, 15) is 13.6 Å². The van der Waals surface area contributed by atoms with Crippen molar-refractivity contribution in [3.8, 4) is 0 Å². The van der Waals surface area contributed by atoms with Crippen LogP contribution >= 0.6 is 15.9 Å². The van der Waals surface area contributed by atoms with Gasteiger partial charge in [0.15, 0.2) is 11.6 Å². The summed E-state index contributed by atoms with van der Waals surface area (Å²) in [5, 5.41) is 6.30. The van der Waals surface area contributed by atoms with E-state index in [1.165, 1.54) is 17.2 Å². The Kier molecular flexibility index (Phi) is 3.94. The lowest BCUT2D eigenvalue weighted by atomic mass is 10.2. The third-order valence-electron chi connectivity index (χ3n) is 2.56. The monoisotopic (exact) mass is 329 g/mol. The van der Waals surface area contributed by atoms with Crippen LogP contribution in [0.4, 0.5) is 8.78 Å². The molecule has 100 valence electrons. The topological polar surface area (TPSA) is 49.0 Å². The molecule has 0 radical (unpaired) electrons. The molecule has 1 N–H and O–H groups in total. The lowest BCUT2D eigenvalue weighted by Gasteiger charge is -2.16. The fraction of sp³-hybridized carbons (Fsp3) is 0.167. The molecule has 7 heteroatoms. The van der Waals surface area contributed by atoms with E-state index in [2.05, 4.69) is 26.1 Å². The van der Waals surface area contributed by atoms with Gasteiger partial charge in [-0.05, 0) is 33.6 Å². The lowest BCUT2D eigenvalue weighted by Crippen LogP contribution is -2.26. The third kappa shape index (κ3) is 2.98. The highest BCUT2D eigenvalue weighted by Crippen LogP contribution is 2.16. The minimum atomic E-state index is -0.930. The molecule has 1 aromatic carbocycles. The smallest absolute Gasteiger partial charge is 0.273 e. The van der Waals surface area contributed by atoms with Crippen molar-refractivity contribution < 1.29 is 13.6 Å². The van der Waals surface area contributed by atoms with Crippen LogP contribution in [0.25, 0.3) is 0 Å². The Morgan fingerprint density at radius 2 is 2.16 bits per heavy atom. The third-order valence-corrected chi connectivity index (χ3v) is 3.16. The maximum absolute atomic E-state index is 13.1. The Labute approximate surface area is 116 Å². The molecule has 19 heavy (non-hydrogen) atoms. The van der Waals surface area contributed by atoms with Gasteiger partial charge in [0.25, 0.3) is 5.91 Å². The number of aromatic nitrogens is 2. The molecule has 1 amide bonds. The minimum Gasteiger partial charge on any atom is -0.336 e. The Balaban J connectivity index is 2.13. The van der Waals surface area contributed by atoms with Crippen molar-refractivity contribution in [2.75, 3.05) is 7.05 Å². The maximum atomic E-state index is 13.1. The average molecular weight is 330 g/mol. The quantitative estimate of drug-likeness (QED) is 0.941. The van der Waals surface area contributed by atoms with Crippen molar-refractivity contribution in [2.45, 2.75) is 6.54 Å². The molecule has 1 aromatic heterocycles. The van der Waals surface area contributed by atoms with Gasteiger partial charge in [-0.15, -0.1) is 0 Å². The summed E-state index contributed by atoms with van der Waals surface area (Å²) < 4.78 is 26.4. The van der Waals surface area contributed by atoms with Crippen LogP contribution in [0, 0.1) is 11.6 Å². The second-order valence-electron chi connectivity index (χ2n) is 4.00. The van der Waals surface area contributed by atoms with E-state index in [0.717, 1.165) is 12.1 Å². The predicted molar refractivity (Wildman–Crippen MR) is 68.4 cm³/mol. The number of aromatic amines is 1. The predicted octanol–water partition coefficient (Wildman–Crippen LogP) is 2.72. The minimum absolute atomic E-state index is 0.168. The van der Waals surface area contributed by atoms with Gasteiger partial charge in [0.1, 0.15) is 5.69 Å². The molecule has 0 aliphatic heterocycles. The molecule has 1 heterocycles. The molecule has 0 spiro atoms. The highest BCUT2D eigenvalue weighted by atomic mass is 79.9. The Hall–Kier alpha value is -1.76. The summed E-state index contributed by atoms with van der Waals surface area (Å²) >= 11 is 3.19. The van der Waals surface area contributed by atoms with Crippen LogP contribution in [0.15, 0.2) is 28.9 Å². The van der Waals surface area contributed by atoms with Gasteiger partial charge >= 0.3 is 0 Å². The van der Waals surface area contributed by atoms with Gasteiger partial charge in [-0.2, -0.15) is 5.10 Å². The maximum Gasteiger partial charge on any atom is 0.273 e. The molecule has 0 atom stereocenters. The number of hydrogen-bond acceptors (Lipinski definition) is 2. The number of carbonyl (C=O) groups is 1. The molecular formula is C12H10BrF2N3O. The number of rotatable bonds is 3. The summed E-state index contributed by atoms with van der Waals surface area (Å²) in [6.45, 7) is 0.168. The first kappa shape index (κ1) is 13.7. The van der Waals surface area contributed by atoms with Gasteiger partial charge in [0, 0.05) is 13.6 Å². The van der Waals surface area contributed by atoms with Gasteiger partial charge < -0.3 is 4.90 Å². The first-order valence-corrected chi connectivity index (χ1v) is 6.16. The molecule has 0 aliphatic rings. The van der Waals surface area contributed by atoms with Crippen LogP contribution in [0.1, 0.15) is 16.1 Å². The number of hydrogen-bond donors (Lipinski definition) is 1. The summed E-state index contributed by atoms with van der Waals surface area (Å²) in [6, 6.07) is 3.54. The standard InChI is InChI=1S/C12H10BrF2N3O/c1-18(12(19)11-8(13)5-16-17-11)6-7-2-3-9(14)10(15)4-7/h2-5H,6H2,1H3,(H,16,17). The van der Waals surface area contributed by atoms with Gasteiger partial charge in [0.2, 0.25) is 0 Å². The van der Waals surface area contributed by atoms with Crippen molar-refractivity contribution in [2.24, 2.45) is 0 Å². The molecule has 0 unspecified atom stereocenters. The van der Waals surface area contributed by atoms with E-state index in [0.29, 0.717) is 15.7 Å². The lowest BCUT2D eigenvalue weighted by molar-refractivity contribution is 0.0778. The van der Waals surface area contributed by atoms with Crippen LogP contribution < -0.4 is 0 Å². The summed E-state index contributed by atoms with van der Waals surface area (Å²) in [6.07, 6.45) is 1.47. The molecule has 4 nitrogen and oxygen atoms in total. The fourth-order valence-electron chi connectivity index (χ4n) is 1.60. The number of amides is 1. The number of halogens is 3. The Morgan fingerprint density at radius 3 is 2.74 bits per heavy atom. The zero-order valence-electron chi connectivity index (χ0n) is 9.95. The van der Waals surface area contributed by atoms with Crippen molar-refractivity contribution in [3.05, 3.63) is 51.8 Å². The van der Waals surface area contributed by atoms with Crippen LogP contribution in [0.2, 0.25) is 0 Å². The van der Waals surface area contributed by atoms with Crippen LogP contribution in [-0.4, -0.2) is 28.1 Å².